The van der Waals surface area contributed by atoms with Crippen molar-refractivity contribution in [3.8, 4) is 0 Å². The maximum atomic E-state index is 5.12. The zero-order valence-electron chi connectivity index (χ0n) is 7.38. The minimum Gasteiger partial charge on any atom is -0.384 e. The van der Waals surface area contributed by atoms with Gasteiger partial charge in [-0.2, -0.15) is 0 Å². The van der Waals surface area contributed by atoms with E-state index in [0.29, 0.717) is 0 Å². The topological polar surface area (TPSA) is 12.5 Å². The molecule has 1 saturated heterocycles. The van der Waals surface area contributed by atoms with Crippen LogP contribution in [0.1, 0.15) is 12.8 Å². The lowest BCUT2D eigenvalue weighted by molar-refractivity contribution is 0.123. The second-order valence-electron chi connectivity index (χ2n) is 3.01. The minimum atomic E-state index is 0.809. The van der Waals surface area contributed by atoms with Gasteiger partial charge in [-0.15, -0.1) is 0 Å². The summed E-state index contributed by atoms with van der Waals surface area (Å²) in [6.45, 7) is 3.41. The summed E-state index contributed by atoms with van der Waals surface area (Å²) < 4.78 is 7.55. The Morgan fingerprint density at radius 2 is 2.09 bits per heavy atom. The van der Waals surface area contributed by atoms with Gasteiger partial charge >= 0.3 is 0 Å². The molecule has 0 aromatic carbocycles. The standard InChI is InChI=1S/C8H17NOS/c1-10-7-8-3-5-9(11-2)6-4-8/h8H,3-7H2,1-2H3. The monoisotopic (exact) mass is 175 g/mol. The molecule has 0 atom stereocenters. The fourth-order valence-corrected chi connectivity index (χ4v) is 2.07. The third kappa shape index (κ3) is 3.01. The fraction of sp³-hybridized carbons (Fsp3) is 1.00. The van der Waals surface area contributed by atoms with Crippen molar-refractivity contribution in [2.45, 2.75) is 12.8 Å². The Bertz CT molecular complexity index is 102. The minimum absolute atomic E-state index is 0.809. The fourth-order valence-electron chi connectivity index (χ4n) is 1.49. The van der Waals surface area contributed by atoms with Crippen LogP contribution in [0.15, 0.2) is 0 Å². The van der Waals surface area contributed by atoms with Crippen LogP contribution in [0.25, 0.3) is 0 Å². The van der Waals surface area contributed by atoms with Gasteiger partial charge in [0.1, 0.15) is 0 Å². The maximum absolute atomic E-state index is 5.12. The maximum Gasteiger partial charge on any atom is 0.0491 e. The highest BCUT2D eigenvalue weighted by atomic mass is 32.2. The molecule has 0 radical (unpaired) electrons. The van der Waals surface area contributed by atoms with Gasteiger partial charge in [-0.3, -0.25) is 4.31 Å². The first-order chi connectivity index (χ1) is 5.36. The van der Waals surface area contributed by atoms with E-state index in [1.165, 1.54) is 25.9 Å². The number of rotatable bonds is 3. The van der Waals surface area contributed by atoms with Gasteiger partial charge in [0.05, 0.1) is 0 Å². The zero-order chi connectivity index (χ0) is 8.10. The Hall–Kier alpha value is 0.270. The molecule has 2 nitrogen and oxygen atoms in total. The summed E-state index contributed by atoms with van der Waals surface area (Å²) in [7, 11) is 1.79. The van der Waals surface area contributed by atoms with Crippen LogP contribution in [0.4, 0.5) is 0 Å². The summed E-state index contributed by atoms with van der Waals surface area (Å²) in [5.74, 6) is 0.809. The van der Waals surface area contributed by atoms with Crippen LogP contribution >= 0.6 is 11.9 Å². The quantitative estimate of drug-likeness (QED) is 0.605. The van der Waals surface area contributed by atoms with E-state index in [9.17, 15) is 0 Å². The average Bonchev–Trinajstić information content (AvgIpc) is 2.07. The molecule has 1 rings (SSSR count). The molecule has 11 heavy (non-hydrogen) atoms. The van der Waals surface area contributed by atoms with Crippen LogP contribution in [-0.2, 0) is 4.74 Å². The van der Waals surface area contributed by atoms with Crippen LogP contribution in [0, 0.1) is 5.92 Å². The van der Waals surface area contributed by atoms with E-state index >= 15 is 0 Å². The number of hydrogen-bond donors (Lipinski definition) is 0. The van der Waals surface area contributed by atoms with Gasteiger partial charge in [0.2, 0.25) is 0 Å². The van der Waals surface area contributed by atoms with Gasteiger partial charge in [-0.25, -0.2) is 0 Å². The van der Waals surface area contributed by atoms with E-state index in [4.69, 9.17) is 4.74 Å². The summed E-state index contributed by atoms with van der Waals surface area (Å²) >= 11 is 1.86. The van der Waals surface area contributed by atoms with Gasteiger partial charge < -0.3 is 4.74 Å². The summed E-state index contributed by atoms with van der Waals surface area (Å²) in [5.41, 5.74) is 0. The third-order valence-corrected chi connectivity index (χ3v) is 3.12. The van der Waals surface area contributed by atoms with Gasteiger partial charge in [0.25, 0.3) is 0 Å². The smallest absolute Gasteiger partial charge is 0.0491 e. The highest BCUT2D eigenvalue weighted by molar-refractivity contribution is 7.96. The molecule has 0 bridgehead atoms. The normalized spacial score (nSPS) is 22.4. The summed E-state index contributed by atoms with van der Waals surface area (Å²) in [6.07, 6.45) is 4.75. The van der Waals surface area contributed by atoms with E-state index < -0.39 is 0 Å². The van der Waals surface area contributed by atoms with Crippen LogP contribution < -0.4 is 0 Å². The van der Waals surface area contributed by atoms with Crippen molar-refractivity contribution in [2.24, 2.45) is 5.92 Å². The molecule has 0 amide bonds. The molecule has 1 heterocycles. The second-order valence-corrected chi connectivity index (χ2v) is 3.89. The largest absolute Gasteiger partial charge is 0.384 e. The molecule has 0 aromatic heterocycles. The van der Waals surface area contributed by atoms with Crippen LogP contribution in [0.5, 0.6) is 0 Å². The lowest BCUT2D eigenvalue weighted by atomic mass is 9.99. The lowest BCUT2D eigenvalue weighted by Crippen LogP contribution is -2.29. The van der Waals surface area contributed by atoms with Crippen molar-refractivity contribution >= 4 is 11.9 Å². The molecular weight excluding hydrogens is 158 g/mol. The van der Waals surface area contributed by atoms with E-state index in [0.717, 1.165) is 12.5 Å². The van der Waals surface area contributed by atoms with Crippen molar-refractivity contribution in [3.63, 3.8) is 0 Å². The zero-order valence-corrected chi connectivity index (χ0v) is 8.19. The highest BCUT2D eigenvalue weighted by Gasteiger charge is 2.17. The number of ether oxygens (including phenoxy) is 1. The number of nitrogens with zero attached hydrogens (tertiary/aromatic N) is 1. The third-order valence-electron chi connectivity index (χ3n) is 2.23. The van der Waals surface area contributed by atoms with E-state index in [-0.39, 0.29) is 0 Å². The van der Waals surface area contributed by atoms with Gasteiger partial charge in [0, 0.05) is 26.8 Å². The van der Waals surface area contributed by atoms with Crippen molar-refractivity contribution in [2.75, 3.05) is 33.1 Å². The Balaban J connectivity index is 2.14. The number of piperidine rings is 1. The van der Waals surface area contributed by atoms with Crippen LogP contribution in [-0.4, -0.2) is 37.4 Å². The van der Waals surface area contributed by atoms with Gasteiger partial charge in [-0.1, -0.05) is 11.9 Å². The first-order valence-corrected chi connectivity index (χ1v) is 5.33. The molecule has 0 spiro atoms. The predicted molar refractivity (Wildman–Crippen MR) is 49.7 cm³/mol. The van der Waals surface area contributed by atoms with Crippen LogP contribution in [0.3, 0.4) is 0 Å². The molecule has 0 aliphatic carbocycles. The van der Waals surface area contributed by atoms with E-state index in [2.05, 4.69) is 10.6 Å². The first-order valence-electron chi connectivity index (χ1n) is 4.14. The molecule has 0 aromatic rings. The average molecular weight is 175 g/mol. The Morgan fingerprint density at radius 3 is 2.55 bits per heavy atom. The summed E-state index contributed by atoms with van der Waals surface area (Å²) in [4.78, 5) is 0. The molecule has 0 unspecified atom stereocenters. The number of methoxy groups -OCH3 is 1. The Morgan fingerprint density at radius 1 is 1.45 bits per heavy atom. The Kier molecular flexibility index (Phi) is 4.26. The highest BCUT2D eigenvalue weighted by Crippen LogP contribution is 2.20. The SMILES string of the molecule is COCC1CCN(SC)CC1. The molecule has 0 saturated carbocycles. The molecule has 66 valence electrons. The Labute approximate surface area is 73.4 Å². The summed E-state index contributed by atoms with van der Waals surface area (Å²) in [5, 5.41) is 0. The predicted octanol–water partition coefficient (Wildman–Crippen LogP) is 1.62. The molecule has 3 heteroatoms. The summed E-state index contributed by atoms with van der Waals surface area (Å²) in [6, 6.07) is 0. The molecule has 1 aliphatic heterocycles. The van der Waals surface area contributed by atoms with Crippen molar-refractivity contribution < 1.29 is 4.74 Å². The first kappa shape index (κ1) is 9.36. The number of hydrogen-bond acceptors (Lipinski definition) is 3. The van der Waals surface area contributed by atoms with Crippen molar-refractivity contribution in [1.29, 1.82) is 0 Å². The van der Waals surface area contributed by atoms with Gasteiger partial charge in [-0.05, 0) is 25.0 Å². The molecule has 1 aliphatic rings. The molecular formula is C8H17NOS. The second kappa shape index (κ2) is 5.01. The molecule has 1 fully saturated rings. The van der Waals surface area contributed by atoms with Crippen molar-refractivity contribution in [1.82, 2.24) is 4.31 Å². The van der Waals surface area contributed by atoms with Crippen LogP contribution in [0.2, 0.25) is 0 Å². The van der Waals surface area contributed by atoms with E-state index in [1.54, 1.807) is 7.11 Å². The van der Waals surface area contributed by atoms with Crippen molar-refractivity contribution in [3.05, 3.63) is 0 Å². The van der Waals surface area contributed by atoms with E-state index in [1.807, 2.05) is 11.9 Å². The van der Waals surface area contributed by atoms with Gasteiger partial charge in [0.15, 0.2) is 0 Å². The lowest BCUT2D eigenvalue weighted by Gasteiger charge is -2.29. The molecule has 0 N–H and O–H groups in total.